The summed E-state index contributed by atoms with van der Waals surface area (Å²) >= 11 is 11.9. The van der Waals surface area contributed by atoms with E-state index in [1.807, 2.05) is 6.07 Å². The SMILES string of the molecule is COC(=O)/C(=C/c1cccnc1)c1cc(Cl)cc(Cl)c1. The van der Waals surface area contributed by atoms with Crippen LogP contribution in [0.5, 0.6) is 0 Å². The van der Waals surface area contributed by atoms with Crippen LogP contribution >= 0.6 is 23.2 Å². The molecule has 2 aromatic rings. The van der Waals surface area contributed by atoms with Crippen LogP contribution in [0.2, 0.25) is 10.0 Å². The second kappa shape index (κ2) is 6.55. The molecule has 0 saturated heterocycles. The Bertz CT molecular complexity index is 634. The number of pyridine rings is 1. The maximum Gasteiger partial charge on any atom is 0.338 e. The van der Waals surface area contributed by atoms with Gasteiger partial charge in [-0.15, -0.1) is 0 Å². The van der Waals surface area contributed by atoms with Crippen LogP contribution < -0.4 is 0 Å². The number of hydrogen-bond donors (Lipinski definition) is 0. The van der Waals surface area contributed by atoms with Gasteiger partial charge in [-0.25, -0.2) is 4.79 Å². The van der Waals surface area contributed by atoms with E-state index >= 15 is 0 Å². The summed E-state index contributed by atoms with van der Waals surface area (Å²) < 4.78 is 4.80. The van der Waals surface area contributed by atoms with Crippen LogP contribution in [-0.4, -0.2) is 18.1 Å². The molecule has 0 radical (unpaired) electrons. The zero-order valence-electron chi connectivity index (χ0n) is 10.6. The monoisotopic (exact) mass is 307 g/mol. The number of aromatic nitrogens is 1. The van der Waals surface area contributed by atoms with Gasteiger partial charge in [0, 0.05) is 22.4 Å². The normalized spacial score (nSPS) is 11.2. The molecule has 0 unspecified atom stereocenters. The van der Waals surface area contributed by atoms with E-state index in [-0.39, 0.29) is 0 Å². The molecule has 0 amide bonds. The lowest BCUT2D eigenvalue weighted by Crippen LogP contribution is -2.04. The van der Waals surface area contributed by atoms with Gasteiger partial charge in [0.25, 0.3) is 0 Å². The molecule has 0 spiro atoms. The smallest absolute Gasteiger partial charge is 0.338 e. The Morgan fingerprint density at radius 1 is 1.25 bits per heavy atom. The Hall–Kier alpha value is -1.84. The second-order valence-corrected chi connectivity index (χ2v) is 4.87. The van der Waals surface area contributed by atoms with Crippen molar-refractivity contribution in [2.75, 3.05) is 7.11 Å². The Kier molecular flexibility index (Phi) is 4.77. The fourth-order valence-corrected chi connectivity index (χ4v) is 2.23. The van der Waals surface area contributed by atoms with Crippen LogP contribution in [0.1, 0.15) is 11.1 Å². The van der Waals surface area contributed by atoms with Gasteiger partial charge < -0.3 is 4.74 Å². The van der Waals surface area contributed by atoms with E-state index in [0.717, 1.165) is 5.56 Å². The van der Waals surface area contributed by atoms with Crippen molar-refractivity contribution in [2.24, 2.45) is 0 Å². The molecule has 0 aliphatic carbocycles. The van der Waals surface area contributed by atoms with Crippen molar-refractivity contribution in [2.45, 2.75) is 0 Å². The molecule has 1 heterocycles. The molecule has 1 aromatic heterocycles. The van der Waals surface area contributed by atoms with Gasteiger partial charge in [-0.05, 0) is 41.5 Å². The van der Waals surface area contributed by atoms with Crippen LogP contribution in [0, 0.1) is 0 Å². The number of rotatable bonds is 3. The van der Waals surface area contributed by atoms with Crippen molar-refractivity contribution in [3.8, 4) is 0 Å². The summed E-state index contributed by atoms with van der Waals surface area (Å²) in [6, 6.07) is 8.54. The molecule has 0 aliphatic heterocycles. The molecule has 0 atom stereocenters. The van der Waals surface area contributed by atoms with Gasteiger partial charge in [0.1, 0.15) is 0 Å². The number of hydrogen-bond acceptors (Lipinski definition) is 3. The Morgan fingerprint density at radius 3 is 2.50 bits per heavy atom. The Balaban J connectivity index is 2.53. The summed E-state index contributed by atoms with van der Waals surface area (Å²) in [5.41, 5.74) is 1.74. The minimum Gasteiger partial charge on any atom is -0.465 e. The maximum atomic E-state index is 11.9. The fourth-order valence-electron chi connectivity index (χ4n) is 1.71. The number of carbonyl (C=O) groups excluding carboxylic acids is 1. The highest BCUT2D eigenvalue weighted by molar-refractivity contribution is 6.35. The largest absolute Gasteiger partial charge is 0.465 e. The maximum absolute atomic E-state index is 11.9. The van der Waals surface area contributed by atoms with E-state index in [9.17, 15) is 4.79 Å². The van der Waals surface area contributed by atoms with Crippen LogP contribution in [0.3, 0.4) is 0 Å². The Labute approximate surface area is 126 Å². The third-order valence-corrected chi connectivity index (χ3v) is 3.01. The molecule has 0 bridgehead atoms. The van der Waals surface area contributed by atoms with Gasteiger partial charge in [0.2, 0.25) is 0 Å². The molecule has 2 rings (SSSR count). The average molecular weight is 308 g/mol. The highest BCUT2D eigenvalue weighted by Gasteiger charge is 2.14. The average Bonchev–Trinajstić information content (AvgIpc) is 2.44. The first-order valence-electron chi connectivity index (χ1n) is 5.76. The highest BCUT2D eigenvalue weighted by atomic mass is 35.5. The number of benzene rings is 1. The number of halogens is 2. The Morgan fingerprint density at radius 2 is 1.95 bits per heavy atom. The van der Waals surface area contributed by atoms with Crippen molar-refractivity contribution in [3.05, 3.63) is 63.9 Å². The van der Waals surface area contributed by atoms with Crippen molar-refractivity contribution in [1.29, 1.82) is 0 Å². The van der Waals surface area contributed by atoms with E-state index in [0.29, 0.717) is 21.2 Å². The molecule has 102 valence electrons. The molecular formula is C15H11Cl2NO2. The van der Waals surface area contributed by atoms with Gasteiger partial charge in [-0.2, -0.15) is 0 Å². The third kappa shape index (κ3) is 3.59. The third-order valence-electron chi connectivity index (χ3n) is 2.57. The van der Waals surface area contributed by atoms with Crippen LogP contribution in [-0.2, 0) is 9.53 Å². The topological polar surface area (TPSA) is 39.2 Å². The first-order valence-corrected chi connectivity index (χ1v) is 6.52. The fraction of sp³-hybridized carbons (Fsp3) is 0.0667. The van der Waals surface area contributed by atoms with E-state index in [1.54, 1.807) is 42.7 Å². The standard InChI is InChI=1S/C15H11Cl2NO2/c1-20-15(19)14(5-10-3-2-4-18-9-10)11-6-12(16)8-13(17)7-11/h2-9H,1H3/b14-5+. The van der Waals surface area contributed by atoms with Crippen molar-refractivity contribution in [3.63, 3.8) is 0 Å². The zero-order valence-corrected chi connectivity index (χ0v) is 12.2. The number of carbonyl (C=O) groups is 1. The highest BCUT2D eigenvalue weighted by Crippen LogP contribution is 2.26. The van der Waals surface area contributed by atoms with Gasteiger partial charge in [-0.1, -0.05) is 29.3 Å². The molecule has 0 fully saturated rings. The minimum atomic E-state index is -0.466. The van der Waals surface area contributed by atoms with Crippen LogP contribution in [0.15, 0.2) is 42.7 Å². The quantitative estimate of drug-likeness (QED) is 0.633. The summed E-state index contributed by atoms with van der Waals surface area (Å²) in [4.78, 5) is 15.9. The predicted molar refractivity (Wildman–Crippen MR) is 80.6 cm³/mol. The number of nitrogens with zero attached hydrogens (tertiary/aromatic N) is 1. The van der Waals surface area contributed by atoms with Gasteiger partial charge in [-0.3, -0.25) is 4.98 Å². The van der Waals surface area contributed by atoms with Crippen LogP contribution in [0.25, 0.3) is 11.6 Å². The number of methoxy groups -OCH3 is 1. The molecule has 0 saturated carbocycles. The summed E-state index contributed by atoms with van der Waals surface area (Å²) in [7, 11) is 1.32. The zero-order chi connectivity index (χ0) is 14.5. The van der Waals surface area contributed by atoms with Gasteiger partial charge >= 0.3 is 5.97 Å². The molecule has 20 heavy (non-hydrogen) atoms. The minimum absolute atomic E-state index is 0.366. The molecule has 1 aromatic carbocycles. The van der Waals surface area contributed by atoms with Crippen molar-refractivity contribution >= 4 is 40.8 Å². The molecule has 3 nitrogen and oxygen atoms in total. The van der Waals surface area contributed by atoms with E-state index in [4.69, 9.17) is 27.9 Å². The first kappa shape index (κ1) is 14.6. The molecular weight excluding hydrogens is 297 g/mol. The van der Waals surface area contributed by atoms with Crippen molar-refractivity contribution < 1.29 is 9.53 Å². The van der Waals surface area contributed by atoms with Crippen molar-refractivity contribution in [1.82, 2.24) is 4.98 Å². The summed E-state index contributed by atoms with van der Waals surface area (Å²) in [6.07, 6.45) is 4.99. The summed E-state index contributed by atoms with van der Waals surface area (Å²) in [5.74, 6) is -0.466. The molecule has 0 N–H and O–H groups in total. The first-order chi connectivity index (χ1) is 9.60. The molecule has 0 aliphatic rings. The van der Waals surface area contributed by atoms with E-state index < -0.39 is 5.97 Å². The van der Waals surface area contributed by atoms with Gasteiger partial charge in [0.05, 0.1) is 12.7 Å². The number of ether oxygens (including phenoxy) is 1. The summed E-state index contributed by atoms with van der Waals surface area (Å²) in [5, 5.41) is 0.905. The van der Waals surface area contributed by atoms with E-state index in [1.165, 1.54) is 7.11 Å². The van der Waals surface area contributed by atoms with Gasteiger partial charge in [0.15, 0.2) is 0 Å². The lowest BCUT2D eigenvalue weighted by molar-refractivity contribution is -0.133. The lowest BCUT2D eigenvalue weighted by atomic mass is 10.0. The van der Waals surface area contributed by atoms with E-state index in [2.05, 4.69) is 4.98 Å². The molecule has 5 heteroatoms. The predicted octanol–water partition coefficient (Wildman–Crippen LogP) is 4.10. The summed E-state index contributed by atoms with van der Waals surface area (Å²) in [6.45, 7) is 0. The lowest BCUT2D eigenvalue weighted by Gasteiger charge is -2.07. The second-order valence-electron chi connectivity index (χ2n) is 3.99. The van der Waals surface area contributed by atoms with Crippen LogP contribution in [0.4, 0.5) is 0 Å². The number of esters is 1.